The maximum Gasteiger partial charge on any atom is 0.326 e. The normalized spacial score (nSPS) is 14.1. The number of nitrogens with zero attached hydrogens (tertiary/aromatic N) is 1. The third kappa shape index (κ3) is 3.87. The van der Waals surface area contributed by atoms with Crippen LogP contribution < -0.4 is 5.32 Å². The Bertz CT molecular complexity index is 386. The van der Waals surface area contributed by atoms with Gasteiger partial charge in [-0.1, -0.05) is 11.6 Å². The van der Waals surface area contributed by atoms with Gasteiger partial charge >= 0.3 is 5.97 Å². The van der Waals surface area contributed by atoms with Crippen LogP contribution in [0, 0.1) is 0 Å². The molecule has 0 aliphatic carbocycles. The minimum atomic E-state index is -0.721. The molecule has 1 aromatic rings. The second-order valence-electron chi connectivity index (χ2n) is 3.68. The number of hydrogen-bond acceptors (Lipinski definition) is 5. The van der Waals surface area contributed by atoms with Gasteiger partial charge in [-0.2, -0.15) is 0 Å². The molecule has 0 fully saturated rings. The third-order valence-corrected chi connectivity index (χ3v) is 3.88. The molecular weight excluding hydrogens is 260 g/mol. The second kappa shape index (κ2) is 6.23. The lowest BCUT2D eigenvalue weighted by molar-refractivity contribution is -0.146. The number of esters is 1. The van der Waals surface area contributed by atoms with E-state index in [1.165, 1.54) is 18.9 Å². The fourth-order valence-corrected chi connectivity index (χ4v) is 2.23. The molecule has 1 atom stereocenters. The van der Waals surface area contributed by atoms with Crippen molar-refractivity contribution in [2.24, 2.45) is 0 Å². The lowest BCUT2D eigenvalue weighted by atomic mass is 10.1. The van der Waals surface area contributed by atoms with Crippen LogP contribution in [0.5, 0.6) is 0 Å². The van der Waals surface area contributed by atoms with E-state index >= 15 is 0 Å². The number of carbonyl (C=O) groups is 1. The first-order valence-electron chi connectivity index (χ1n) is 5.03. The number of rotatable bonds is 5. The number of carbonyl (C=O) groups excluding carboxylic acids is 1. The van der Waals surface area contributed by atoms with Gasteiger partial charge in [-0.05, 0) is 26.1 Å². The summed E-state index contributed by atoms with van der Waals surface area (Å²) in [6, 6.07) is 3.59. The Morgan fingerprint density at radius 1 is 1.65 bits per heavy atom. The van der Waals surface area contributed by atoms with Gasteiger partial charge in [0.25, 0.3) is 0 Å². The Morgan fingerprint density at radius 2 is 2.35 bits per heavy atom. The fraction of sp³-hybridized carbons (Fsp3) is 0.455. The first kappa shape index (κ1) is 14.3. The molecular formula is C11H15ClN2O2S. The summed E-state index contributed by atoms with van der Waals surface area (Å²) in [4.78, 5) is 15.8. The number of ether oxygens (including phenoxy) is 1. The minimum Gasteiger partial charge on any atom is -0.468 e. The van der Waals surface area contributed by atoms with E-state index in [1.807, 2.05) is 6.07 Å². The van der Waals surface area contributed by atoms with E-state index in [-0.39, 0.29) is 5.97 Å². The van der Waals surface area contributed by atoms with E-state index in [2.05, 4.69) is 10.3 Å². The summed E-state index contributed by atoms with van der Waals surface area (Å²) in [6.07, 6.45) is 1.58. The first-order chi connectivity index (χ1) is 8.01. The van der Waals surface area contributed by atoms with Crippen molar-refractivity contribution in [1.29, 1.82) is 0 Å². The lowest BCUT2D eigenvalue weighted by Crippen LogP contribution is -2.50. The minimum absolute atomic E-state index is 0.290. The molecule has 1 heterocycles. The summed E-state index contributed by atoms with van der Waals surface area (Å²) >= 11 is 7.21. The van der Waals surface area contributed by atoms with E-state index in [4.69, 9.17) is 16.3 Å². The van der Waals surface area contributed by atoms with Crippen molar-refractivity contribution < 1.29 is 9.53 Å². The number of likely N-dealkylation sites (N-methyl/N-ethyl adjacent to an activating group) is 1. The van der Waals surface area contributed by atoms with Crippen LogP contribution in [-0.4, -0.2) is 36.4 Å². The predicted molar refractivity (Wildman–Crippen MR) is 69.5 cm³/mol. The van der Waals surface area contributed by atoms with E-state index in [0.29, 0.717) is 10.8 Å². The number of methoxy groups -OCH3 is 1. The van der Waals surface area contributed by atoms with Crippen molar-refractivity contribution >= 4 is 29.3 Å². The Morgan fingerprint density at radius 3 is 2.82 bits per heavy atom. The van der Waals surface area contributed by atoms with Gasteiger partial charge in [-0.25, -0.2) is 4.98 Å². The van der Waals surface area contributed by atoms with Gasteiger partial charge < -0.3 is 10.1 Å². The van der Waals surface area contributed by atoms with Gasteiger partial charge in [-0.3, -0.25) is 4.79 Å². The highest BCUT2D eigenvalue weighted by Gasteiger charge is 2.32. The van der Waals surface area contributed by atoms with Crippen LogP contribution in [0.15, 0.2) is 23.4 Å². The summed E-state index contributed by atoms with van der Waals surface area (Å²) in [7, 11) is 3.11. The van der Waals surface area contributed by atoms with Gasteiger partial charge in [0.2, 0.25) is 0 Å². The number of hydrogen-bond donors (Lipinski definition) is 1. The summed E-state index contributed by atoms with van der Waals surface area (Å²) in [5.41, 5.74) is -0.721. The van der Waals surface area contributed by atoms with Crippen LogP contribution in [0.2, 0.25) is 5.02 Å². The van der Waals surface area contributed by atoms with E-state index in [0.717, 1.165) is 5.03 Å². The van der Waals surface area contributed by atoms with E-state index in [1.54, 1.807) is 26.2 Å². The molecule has 94 valence electrons. The Labute approximate surface area is 110 Å². The van der Waals surface area contributed by atoms with Crippen LogP contribution >= 0.6 is 23.4 Å². The molecule has 0 aromatic carbocycles. The molecule has 1 rings (SSSR count). The van der Waals surface area contributed by atoms with Crippen LogP contribution in [0.1, 0.15) is 6.92 Å². The largest absolute Gasteiger partial charge is 0.468 e. The molecule has 0 saturated carbocycles. The quantitative estimate of drug-likeness (QED) is 0.657. The maximum absolute atomic E-state index is 11.6. The smallest absolute Gasteiger partial charge is 0.326 e. The van der Waals surface area contributed by atoms with Crippen LogP contribution in [0.4, 0.5) is 0 Å². The summed E-state index contributed by atoms with van der Waals surface area (Å²) in [5.74, 6) is 0.242. The van der Waals surface area contributed by atoms with Gasteiger partial charge in [0, 0.05) is 11.9 Å². The van der Waals surface area contributed by atoms with Gasteiger partial charge in [0.05, 0.1) is 17.2 Å². The molecule has 6 heteroatoms. The molecule has 1 aromatic heterocycles. The zero-order chi connectivity index (χ0) is 12.9. The number of nitrogens with one attached hydrogen (secondary N) is 1. The zero-order valence-electron chi connectivity index (χ0n) is 9.99. The summed E-state index contributed by atoms with van der Waals surface area (Å²) in [6.45, 7) is 1.79. The number of thioether (sulfide) groups is 1. The molecule has 0 aliphatic heterocycles. The monoisotopic (exact) mass is 274 g/mol. The molecule has 0 bridgehead atoms. The van der Waals surface area contributed by atoms with Crippen LogP contribution in [0.3, 0.4) is 0 Å². The van der Waals surface area contributed by atoms with Crippen LogP contribution in [-0.2, 0) is 9.53 Å². The Hall–Kier alpha value is -0.780. The molecule has 1 N–H and O–H groups in total. The number of aromatic nitrogens is 1. The highest BCUT2D eigenvalue weighted by Crippen LogP contribution is 2.22. The molecule has 0 saturated heterocycles. The standard InChI is InChI=1S/C11H15ClN2O2S/c1-11(13-2,10(15)16-3)7-17-9-5-4-8(12)6-14-9/h4-6,13H,7H2,1-3H3. The van der Waals surface area contributed by atoms with Gasteiger partial charge in [0.1, 0.15) is 5.54 Å². The lowest BCUT2D eigenvalue weighted by Gasteiger charge is -2.25. The molecule has 1 unspecified atom stereocenters. The number of pyridine rings is 1. The average molecular weight is 275 g/mol. The van der Waals surface area contributed by atoms with Gasteiger partial charge in [0.15, 0.2) is 0 Å². The first-order valence-corrected chi connectivity index (χ1v) is 6.40. The predicted octanol–water partition coefficient (Wildman–Crippen LogP) is 1.98. The van der Waals surface area contributed by atoms with Crippen molar-refractivity contribution in [3.63, 3.8) is 0 Å². The molecule has 0 radical (unpaired) electrons. The van der Waals surface area contributed by atoms with Crippen molar-refractivity contribution in [1.82, 2.24) is 10.3 Å². The maximum atomic E-state index is 11.6. The van der Waals surface area contributed by atoms with E-state index < -0.39 is 5.54 Å². The van der Waals surface area contributed by atoms with Gasteiger partial charge in [-0.15, -0.1) is 11.8 Å². The van der Waals surface area contributed by atoms with Crippen LogP contribution in [0.25, 0.3) is 0 Å². The zero-order valence-corrected chi connectivity index (χ0v) is 11.6. The average Bonchev–Trinajstić information content (AvgIpc) is 2.36. The van der Waals surface area contributed by atoms with Crippen molar-refractivity contribution in [3.05, 3.63) is 23.4 Å². The second-order valence-corrected chi connectivity index (χ2v) is 5.11. The summed E-state index contributed by atoms with van der Waals surface area (Å²) in [5, 5.41) is 4.38. The van der Waals surface area contributed by atoms with Crippen molar-refractivity contribution in [3.8, 4) is 0 Å². The topological polar surface area (TPSA) is 51.2 Å². The molecule has 17 heavy (non-hydrogen) atoms. The fourth-order valence-electron chi connectivity index (χ4n) is 1.12. The third-order valence-electron chi connectivity index (χ3n) is 2.40. The molecule has 0 aliphatic rings. The van der Waals surface area contributed by atoms with E-state index in [9.17, 15) is 4.79 Å². The summed E-state index contributed by atoms with van der Waals surface area (Å²) < 4.78 is 4.76. The Kier molecular flexibility index (Phi) is 5.24. The van der Waals surface area contributed by atoms with Crippen molar-refractivity contribution in [2.45, 2.75) is 17.5 Å². The highest BCUT2D eigenvalue weighted by molar-refractivity contribution is 7.99. The molecule has 0 amide bonds. The Balaban J connectivity index is 2.65. The molecule has 4 nitrogen and oxygen atoms in total. The highest BCUT2D eigenvalue weighted by atomic mass is 35.5. The SMILES string of the molecule is CNC(C)(CSc1ccc(Cl)cn1)C(=O)OC. The number of halogens is 1. The molecule has 0 spiro atoms. The van der Waals surface area contributed by atoms with Crippen molar-refractivity contribution in [2.75, 3.05) is 19.9 Å².